The Balaban J connectivity index is 1.82. The molecule has 18 heavy (non-hydrogen) atoms. The van der Waals surface area contributed by atoms with Crippen molar-refractivity contribution in [2.75, 3.05) is 6.54 Å². The Morgan fingerprint density at radius 3 is 2.17 bits per heavy atom. The van der Waals surface area contributed by atoms with Gasteiger partial charge < -0.3 is 5.32 Å². The normalized spacial score (nSPS) is 23.8. The number of rotatable bonds is 4. The molecule has 1 aliphatic carbocycles. The smallest absolute Gasteiger partial charge is 0.00966 e. The van der Waals surface area contributed by atoms with Gasteiger partial charge in [0.2, 0.25) is 0 Å². The number of benzene rings is 1. The first-order valence-electron chi connectivity index (χ1n) is 7.24. The van der Waals surface area contributed by atoms with Crippen LogP contribution in [0, 0.1) is 18.8 Å². The molecule has 1 aromatic carbocycles. The molecule has 1 fully saturated rings. The fourth-order valence-corrected chi connectivity index (χ4v) is 2.64. The Kier molecular flexibility index (Phi) is 4.11. The minimum atomic E-state index is 0.254. The standard InChI is InChI=1S/C17H27N/c1-13-5-7-14(8-6-13)11-15-9-10-16(15)12-18-17(2,3)4/h5-8,15-16,18H,9-12H2,1-4H3. The highest BCUT2D eigenvalue weighted by Crippen LogP contribution is 2.36. The SMILES string of the molecule is Cc1ccc(CC2CCC2CNC(C)(C)C)cc1. The molecular weight excluding hydrogens is 218 g/mol. The maximum absolute atomic E-state index is 3.65. The summed E-state index contributed by atoms with van der Waals surface area (Å²) in [6.07, 6.45) is 4.07. The third-order valence-corrected chi connectivity index (χ3v) is 4.09. The van der Waals surface area contributed by atoms with Crippen LogP contribution in [0.2, 0.25) is 0 Å². The molecule has 1 saturated carbocycles. The van der Waals surface area contributed by atoms with Crippen LogP contribution in [-0.2, 0) is 6.42 Å². The second kappa shape index (κ2) is 5.44. The Labute approximate surface area is 112 Å². The lowest BCUT2D eigenvalue weighted by atomic mass is 9.70. The van der Waals surface area contributed by atoms with Gasteiger partial charge in [-0.1, -0.05) is 29.8 Å². The maximum atomic E-state index is 3.65. The Bertz CT molecular complexity index is 372. The lowest BCUT2D eigenvalue weighted by Gasteiger charge is -2.39. The van der Waals surface area contributed by atoms with Crippen LogP contribution in [0.25, 0.3) is 0 Å². The number of hydrogen-bond donors (Lipinski definition) is 1. The Morgan fingerprint density at radius 1 is 1.06 bits per heavy atom. The molecule has 0 aromatic heterocycles. The zero-order chi connectivity index (χ0) is 13.2. The van der Waals surface area contributed by atoms with Crippen LogP contribution < -0.4 is 5.32 Å². The van der Waals surface area contributed by atoms with E-state index in [1.54, 1.807) is 0 Å². The van der Waals surface area contributed by atoms with Crippen molar-refractivity contribution in [2.45, 2.75) is 52.5 Å². The van der Waals surface area contributed by atoms with Crippen LogP contribution in [-0.4, -0.2) is 12.1 Å². The van der Waals surface area contributed by atoms with E-state index < -0.39 is 0 Å². The van der Waals surface area contributed by atoms with Crippen molar-refractivity contribution in [3.63, 3.8) is 0 Å². The van der Waals surface area contributed by atoms with Crippen LogP contribution >= 0.6 is 0 Å². The summed E-state index contributed by atoms with van der Waals surface area (Å²) >= 11 is 0. The minimum absolute atomic E-state index is 0.254. The van der Waals surface area contributed by atoms with Gasteiger partial charge in [0.1, 0.15) is 0 Å². The van der Waals surface area contributed by atoms with E-state index in [-0.39, 0.29) is 5.54 Å². The van der Waals surface area contributed by atoms with Gasteiger partial charge in [-0.2, -0.15) is 0 Å². The average molecular weight is 245 g/mol. The van der Waals surface area contributed by atoms with Crippen molar-refractivity contribution in [1.29, 1.82) is 0 Å². The van der Waals surface area contributed by atoms with Gasteiger partial charge >= 0.3 is 0 Å². The zero-order valence-corrected chi connectivity index (χ0v) is 12.3. The van der Waals surface area contributed by atoms with Gasteiger partial charge in [0, 0.05) is 5.54 Å². The topological polar surface area (TPSA) is 12.0 Å². The number of hydrogen-bond acceptors (Lipinski definition) is 1. The summed E-state index contributed by atoms with van der Waals surface area (Å²) in [6.45, 7) is 10.1. The van der Waals surface area contributed by atoms with Gasteiger partial charge in [0.15, 0.2) is 0 Å². The molecule has 1 N–H and O–H groups in total. The monoisotopic (exact) mass is 245 g/mol. The fraction of sp³-hybridized carbons (Fsp3) is 0.647. The molecule has 0 heterocycles. The summed E-state index contributed by atoms with van der Waals surface area (Å²) in [7, 11) is 0. The number of nitrogens with one attached hydrogen (secondary N) is 1. The van der Waals surface area contributed by atoms with E-state index in [2.05, 4.69) is 57.3 Å². The van der Waals surface area contributed by atoms with Crippen LogP contribution in [0.5, 0.6) is 0 Å². The third-order valence-electron chi connectivity index (χ3n) is 4.09. The van der Waals surface area contributed by atoms with E-state index in [0.717, 1.165) is 11.8 Å². The highest BCUT2D eigenvalue weighted by molar-refractivity contribution is 5.22. The molecule has 1 aliphatic rings. The van der Waals surface area contributed by atoms with E-state index in [1.807, 2.05) is 0 Å². The van der Waals surface area contributed by atoms with E-state index in [0.29, 0.717) is 0 Å². The first-order chi connectivity index (χ1) is 8.44. The van der Waals surface area contributed by atoms with Crippen molar-refractivity contribution in [2.24, 2.45) is 11.8 Å². The van der Waals surface area contributed by atoms with Crippen molar-refractivity contribution >= 4 is 0 Å². The van der Waals surface area contributed by atoms with Gasteiger partial charge in [-0.15, -0.1) is 0 Å². The molecule has 0 aliphatic heterocycles. The predicted octanol–water partition coefficient (Wildman–Crippen LogP) is 3.95. The Hall–Kier alpha value is -0.820. The molecule has 0 saturated heterocycles. The molecule has 1 nitrogen and oxygen atoms in total. The molecule has 0 amide bonds. The minimum Gasteiger partial charge on any atom is -0.312 e. The molecule has 2 unspecified atom stereocenters. The van der Waals surface area contributed by atoms with Crippen molar-refractivity contribution < 1.29 is 0 Å². The summed E-state index contributed by atoms with van der Waals surface area (Å²) in [5, 5.41) is 3.65. The first kappa shape index (κ1) is 13.6. The van der Waals surface area contributed by atoms with E-state index in [4.69, 9.17) is 0 Å². The first-order valence-corrected chi connectivity index (χ1v) is 7.24. The highest BCUT2D eigenvalue weighted by Gasteiger charge is 2.31. The predicted molar refractivity (Wildman–Crippen MR) is 78.9 cm³/mol. The molecular formula is C17H27N. The second-order valence-electron chi connectivity index (χ2n) is 6.92. The molecule has 0 radical (unpaired) electrons. The van der Waals surface area contributed by atoms with Gasteiger partial charge in [0.05, 0.1) is 0 Å². The molecule has 100 valence electrons. The number of aryl methyl sites for hydroxylation is 1. The van der Waals surface area contributed by atoms with Crippen LogP contribution in [0.15, 0.2) is 24.3 Å². The van der Waals surface area contributed by atoms with Crippen molar-refractivity contribution in [3.05, 3.63) is 35.4 Å². The quantitative estimate of drug-likeness (QED) is 0.847. The summed E-state index contributed by atoms with van der Waals surface area (Å²) < 4.78 is 0. The van der Waals surface area contributed by atoms with Crippen LogP contribution in [0.3, 0.4) is 0 Å². The molecule has 1 aromatic rings. The average Bonchev–Trinajstić information content (AvgIpc) is 2.25. The summed E-state index contributed by atoms with van der Waals surface area (Å²) in [5.41, 5.74) is 3.12. The molecule has 0 spiro atoms. The zero-order valence-electron chi connectivity index (χ0n) is 12.3. The van der Waals surface area contributed by atoms with Gasteiger partial charge in [-0.05, 0) is 70.9 Å². The van der Waals surface area contributed by atoms with E-state index in [9.17, 15) is 0 Å². The summed E-state index contributed by atoms with van der Waals surface area (Å²) in [6, 6.07) is 9.05. The van der Waals surface area contributed by atoms with Crippen molar-refractivity contribution in [3.8, 4) is 0 Å². The van der Waals surface area contributed by atoms with Crippen LogP contribution in [0.4, 0.5) is 0 Å². The van der Waals surface area contributed by atoms with Gasteiger partial charge in [-0.3, -0.25) is 0 Å². The Morgan fingerprint density at radius 2 is 1.67 bits per heavy atom. The maximum Gasteiger partial charge on any atom is 0.00966 e. The van der Waals surface area contributed by atoms with Gasteiger partial charge in [0.25, 0.3) is 0 Å². The molecule has 1 heteroatoms. The van der Waals surface area contributed by atoms with Crippen molar-refractivity contribution in [1.82, 2.24) is 5.32 Å². The van der Waals surface area contributed by atoms with E-state index in [1.165, 1.54) is 36.9 Å². The molecule has 0 bridgehead atoms. The third kappa shape index (κ3) is 3.84. The summed E-state index contributed by atoms with van der Waals surface area (Å²) in [4.78, 5) is 0. The lowest BCUT2D eigenvalue weighted by Crippen LogP contribution is -2.44. The fourth-order valence-electron chi connectivity index (χ4n) is 2.64. The second-order valence-corrected chi connectivity index (χ2v) is 6.92. The molecule has 2 rings (SSSR count). The largest absolute Gasteiger partial charge is 0.312 e. The molecule has 2 atom stereocenters. The van der Waals surface area contributed by atoms with Gasteiger partial charge in [-0.25, -0.2) is 0 Å². The van der Waals surface area contributed by atoms with E-state index >= 15 is 0 Å². The summed E-state index contributed by atoms with van der Waals surface area (Å²) in [5.74, 6) is 1.77. The lowest BCUT2D eigenvalue weighted by molar-refractivity contribution is 0.159. The van der Waals surface area contributed by atoms with Crippen LogP contribution in [0.1, 0.15) is 44.7 Å². The highest BCUT2D eigenvalue weighted by atomic mass is 14.9.